The van der Waals surface area contributed by atoms with Gasteiger partial charge in [-0.2, -0.15) is 0 Å². The lowest BCUT2D eigenvalue weighted by Gasteiger charge is -2.14. The Hall–Kier alpha value is -1.10. The van der Waals surface area contributed by atoms with Gasteiger partial charge in [0, 0.05) is 20.3 Å². The van der Waals surface area contributed by atoms with Gasteiger partial charge in [-0.05, 0) is 31.5 Å². The number of nitrogens with one attached hydrogen (secondary N) is 1. The first-order chi connectivity index (χ1) is 8.74. The molecule has 1 rings (SSSR count). The molecule has 2 N–H and O–H groups in total. The van der Waals surface area contributed by atoms with Crippen LogP contribution in [-0.2, 0) is 4.74 Å². The van der Waals surface area contributed by atoms with Gasteiger partial charge in [0.2, 0.25) is 0 Å². The maximum absolute atomic E-state index is 9.74. The summed E-state index contributed by atoms with van der Waals surface area (Å²) in [4.78, 5) is 0. The van der Waals surface area contributed by atoms with E-state index in [-0.39, 0.29) is 0 Å². The Morgan fingerprint density at radius 3 is 2.83 bits per heavy atom. The summed E-state index contributed by atoms with van der Waals surface area (Å²) >= 11 is 0. The summed E-state index contributed by atoms with van der Waals surface area (Å²) in [7, 11) is 1.69. The predicted octanol–water partition coefficient (Wildman–Crippen LogP) is 1.36. The number of aryl methyl sites for hydroxylation is 1. The van der Waals surface area contributed by atoms with Crippen molar-refractivity contribution in [1.82, 2.24) is 5.32 Å². The third-order valence-corrected chi connectivity index (χ3v) is 2.61. The highest BCUT2D eigenvalue weighted by Crippen LogP contribution is 2.16. The first-order valence-corrected chi connectivity index (χ1v) is 6.30. The van der Waals surface area contributed by atoms with Gasteiger partial charge in [-0.15, -0.1) is 0 Å². The highest BCUT2D eigenvalue weighted by atomic mass is 16.5. The fraction of sp³-hybridized carbons (Fsp3) is 0.571. The summed E-state index contributed by atoms with van der Waals surface area (Å²) in [6.45, 7) is 4.42. The lowest BCUT2D eigenvalue weighted by molar-refractivity contribution is 0.105. The number of rotatable bonds is 9. The molecule has 0 aliphatic heterocycles. The van der Waals surface area contributed by atoms with E-state index >= 15 is 0 Å². The molecule has 1 aromatic carbocycles. The van der Waals surface area contributed by atoms with Gasteiger partial charge < -0.3 is 19.9 Å². The van der Waals surface area contributed by atoms with Crippen LogP contribution in [0.3, 0.4) is 0 Å². The minimum Gasteiger partial charge on any atom is -0.491 e. The normalized spacial score (nSPS) is 12.4. The van der Waals surface area contributed by atoms with Gasteiger partial charge in [0.25, 0.3) is 0 Å². The standard InChI is InChI=1S/C14H23NO3/c1-12-6-3-4-7-14(12)18-11-13(16)10-15-8-5-9-17-2/h3-4,6-7,13,15-16H,5,8-11H2,1-2H3. The van der Waals surface area contributed by atoms with Crippen molar-refractivity contribution in [2.24, 2.45) is 0 Å². The number of ether oxygens (including phenoxy) is 2. The van der Waals surface area contributed by atoms with Crippen LogP contribution in [0.25, 0.3) is 0 Å². The number of methoxy groups -OCH3 is 1. The Kier molecular flexibility index (Phi) is 7.41. The van der Waals surface area contributed by atoms with Crippen molar-refractivity contribution in [2.45, 2.75) is 19.4 Å². The molecule has 1 aromatic rings. The average Bonchev–Trinajstić information content (AvgIpc) is 2.37. The molecule has 0 heterocycles. The molecule has 4 nitrogen and oxygen atoms in total. The van der Waals surface area contributed by atoms with E-state index in [0.29, 0.717) is 13.2 Å². The largest absolute Gasteiger partial charge is 0.491 e. The molecule has 0 aliphatic carbocycles. The summed E-state index contributed by atoms with van der Waals surface area (Å²) < 4.78 is 10.5. The van der Waals surface area contributed by atoms with Crippen molar-refractivity contribution in [3.63, 3.8) is 0 Å². The summed E-state index contributed by atoms with van der Waals surface area (Å²) in [5.41, 5.74) is 1.08. The molecule has 18 heavy (non-hydrogen) atoms. The van der Waals surface area contributed by atoms with Crippen LogP contribution in [0.15, 0.2) is 24.3 Å². The van der Waals surface area contributed by atoms with Crippen molar-refractivity contribution in [3.05, 3.63) is 29.8 Å². The van der Waals surface area contributed by atoms with Crippen molar-refractivity contribution >= 4 is 0 Å². The van der Waals surface area contributed by atoms with E-state index in [1.165, 1.54) is 0 Å². The van der Waals surface area contributed by atoms with E-state index in [2.05, 4.69) is 5.32 Å². The first kappa shape index (κ1) is 15.0. The van der Waals surface area contributed by atoms with Crippen LogP contribution in [0.2, 0.25) is 0 Å². The fourth-order valence-corrected chi connectivity index (χ4v) is 1.57. The minimum absolute atomic E-state index is 0.308. The van der Waals surface area contributed by atoms with Crippen LogP contribution in [-0.4, -0.2) is 44.6 Å². The van der Waals surface area contributed by atoms with E-state index in [0.717, 1.165) is 30.9 Å². The van der Waals surface area contributed by atoms with E-state index < -0.39 is 6.10 Å². The minimum atomic E-state index is -0.493. The van der Waals surface area contributed by atoms with Gasteiger partial charge >= 0.3 is 0 Å². The van der Waals surface area contributed by atoms with Crippen LogP contribution in [0.1, 0.15) is 12.0 Å². The number of hydrogen-bond acceptors (Lipinski definition) is 4. The second kappa shape index (κ2) is 8.91. The van der Waals surface area contributed by atoms with Gasteiger partial charge in [0.05, 0.1) is 0 Å². The molecule has 0 saturated carbocycles. The number of para-hydroxylation sites is 1. The number of aliphatic hydroxyl groups excluding tert-OH is 1. The lowest BCUT2D eigenvalue weighted by atomic mass is 10.2. The van der Waals surface area contributed by atoms with Gasteiger partial charge in [-0.3, -0.25) is 0 Å². The van der Waals surface area contributed by atoms with Gasteiger partial charge in [0.1, 0.15) is 18.5 Å². The van der Waals surface area contributed by atoms with E-state index in [1.807, 2.05) is 31.2 Å². The molecule has 0 bridgehead atoms. The van der Waals surface area contributed by atoms with E-state index in [1.54, 1.807) is 7.11 Å². The first-order valence-electron chi connectivity index (χ1n) is 6.30. The molecule has 0 spiro atoms. The third kappa shape index (κ3) is 6.00. The zero-order valence-electron chi connectivity index (χ0n) is 11.2. The van der Waals surface area contributed by atoms with Gasteiger partial charge in [-0.25, -0.2) is 0 Å². The summed E-state index contributed by atoms with van der Waals surface area (Å²) in [6.07, 6.45) is 0.453. The molecular weight excluding hydrogens is 230 g/mol. The maximum Gasteiger partial charge on any atom is 0.122 e. The third-order valence-electron chi connectivity index (χ3n) is 2.61. The zero-order valence-corrected chi connectivity index (χ0v) is 11.2. The van der Waals surface area contributed by atoms with Crippen LogP contribution in [0.4, 0.5) is 0 Å². The van der Waals surface area contributed by atoms with E-state index in [4.69, 9.17) is 9.47 Å². The molecular formula is C14H23NO3. The molecule has 0 saturated heterocycles. The number of hydrogen-bond donors (Lipinski definition) is 2. The average molecular weight is 253 g/mol. The van der Waals surface area contributed by atoms with Gasteiger partial charge in [0.15, 0.2) is 0 Å². The Morgan fingerprint density at radius 2 is 2.11 bits per heavy atom. The molecule has 4 heteroatoms. The van der Waals surface area contributed by atoms with Crippen molar-refractivity contribution in [3.8, 4) is 5.75 Å². The topological polar surface area (TPSA) is 50.7 Å². The number of aliphatic hydroxyl groups is 1. The monoisotopic (exact) mass is 253 g/mol. The lowest BCUT2D eigenvalue weighted by Crippen LogP contribution is -2.32. The Labute approximate surface area is 109 Å². The van der Waals surface area contributed by atoms with Crippen molar-refractivity contribution in [2.75, 3.05) is 33.4 Å². The van der Waals surface area contributed by atoms with Crippen LogP contribution >= 0.6 is 0 Å². The van der Waals surface area contributed by atoms with Crippen molar-refractivity contribution in [1.29, 1.82) is 0 Å². The van der Waals surface area contributed by atoms with E-state index in [9.17, 15) is 5.11 Å². The highest BCUT2D eigenvalue weighted by Gasteiger charge is 2.05. The van der Waals surface area contributed by atoms with Crippen LogP contribution < -0.4 is 10.1 Å². The van der Waals surface area contributed by atoms with Crippen molar-refractivity contribution < 1.29 is 14.6 Å². The quantitative estimate of drug-likeness (QED) is 0.652. The zero-order chi connectivity index (χ0) is 13.2. The fourth-order valence-electron chi connectivity index (χ4n) is 1.57. The predicted molar refractivity (Wildman–Crippen MR) is 72.0 cm³/mol. The Balaban J connectivity index is 2.13. The molecule has 0 amide bonds. The molecule has 0 aromatic heterocycles. The second-order valence-electron chi connectivity index (χ2n) is 4.28. The summed E-state index contributed by atoms with van der Waals surface area (Å²) in [6, 6.07) is 7.80. The molecule has 0 radical (unpaired) electrons. The summed E-state index contributed by atoms with van der Waals surface area (Å²) in [5.74, 6) is 0.830. The summed E-state index contributed by atoms with van der Waals surface area (Å²) in [5, 5.41) is 12.9. The molecule has 1 atom stereocenters. The molecule has 102 valence electrons. The number of benzene rings is 1. The Bertz CT molecular complexity index is 331. The van der Waals surface area contributed by atoms with Gasteiger partial charge in [-0.1, -0.05) is 18.2 Å². The molecule has 0 aliphatic rings. The molecule has 0 fully saturated rings. The molecule has 1 unspecified atom stereocenters. The highest BCUT2D eigenvalue weighted by molar-refractivity contribution is 5.31. The maximum atomic E-state index is 9.74. The SMILES string of the molecule is COCCCNCC(O)COc1ccccc1C. The smallest absolute Gasteiger partial charge is 0.122 e. The van der Waals surface area contributed by atoms with Crippen LogP contribution in [0.5, 0.6) is 5.75 Å². The second-order valence-corrected chi connectivity index (χ2v) is 4.28. The Morgan fingerprint density at radius 1 is 1.33 bits per heavy atom. The van der Waals surface area contributed by atoms with Crippen LogP contribution in [0, 0.1) is 6.92 Å².